The Labute approximate surface area is 85.1 Å². The number of nitrogen functional groups attached to an aromatic ring is 1. The van der Waals surface area contributed by atoms with Crippen molar-refractivity contribution < 1.29 is 14.4 Å². The molecular formula is C10H8N2O3. The van der Waals surface area contributed by atoms with Gasteiger partial charge in [-0.2, -0.15) is 0 Å². The second kappa shape index (κ2) is 3.45. The van der Waals surface area contributed by atoms with Gasteiger partial charge in [0, 0.05) is 11.8 Å². The van der Waals surface area contributed by atoms with Gasteiger partial charge in [-0.25, -0.2) is 4.79 Å². The molecule has 0 amide bonds. The predicted octanol–water partition coefficient (Wildman–Crippen LogP) is 1.62. The third-order valence-electron chi connectivity index (χ3n) is 2.01. The van der Waals surface area contributed by atoms with E-state index in [4.69, 9.17) is 15.4 Å². The van der Waals surface area contributed by atoms with Crippen molar-refractivity contribution in [2.24, 2.45) is 0 Å². The number of carbonyl (C=O) groups is 1. The summed E-state index contributed by atoms with van der Waals surface area (Å²) < 4.78 is 4.90. The molecule has 0 bridgehead atoms. The summed E-state index contributed by atoms with van der Waals surface area (Å²) >= 11 is 0. The zero-order valence-corrected chi connectivity index (χ0v) is 7.68. The van der Waals surface area contributed by atoms with Gasteiger partial charge in [0.15, 0.2) is 5.76 Å². The Kier molecular flexibility index (Phi) is 2.13. The minimum Gasteiger partial charge on any atom is -0.478 e. The summed E-state index contributed by atoms with van der Waals surface area (Å²) in [5.74, 6) is -0.695. The lowest BCUT2D eigenvalue weighted by atomic mass is 10.0. The third kappa shape index (κ3) is 1.54. The molecule has 2 rings (SSSR count). The van der Waals surface area contributed by atoms with Crippen molar-refractivity contribution in [3.8, 4) is 11.3 Å². The van der Waals surface area contributed by atoms with Gasteiger partial charge in [-0.3, -0.25) is 0 Å². The van der Waals surface area contributed by atoms with Crippen LogP contribution in [0, 0.1) is 0 Å². The second-order valence-electron chi connectivity index (χ2n) is 2.95. The van der Waals surface area contributed by atoms with E-state index in [9.17, 15) is 4.79 Å². The molecule has 0 aliphatic rings. The smallest absolute Gasteiger partial charge is 0.336 e. The molecular weight excluding hydrogens is 196 g/mol. The van der Waals surface area contributed by atoms with Crippen molar-refractivity contribution in [3.63, 3.8) is 0 Å². The summed E-state index contributed by atoms with van der Waals surface area (Å²) in [5.41, 5.74) is 6.52. The molecule has 0 unspecified atom stereocenters. The Morgan fingerprint density at radius 2 is 2.20 bits per heavy atom. The number of benzene rings is 1. The van der Waals surface area contributed by atoms with Crippen LogP contribution in [0.3, 0.4) is 0 Å². The van der Waals surface area contributed by atoms with E-state index in [0.717, 1.165) is 0 Å². The van der Waals surface area contributed by atoms with Gasteiger partial charge in [-0.15, -0.1) is 0 Å². The van der Waals surface area contributed by atoms with Gasteiger partial charge in [0.05, 0.1) is 17.3 Å². The van der Waals surface area contributed by atoms with E-state index < -0.39 is 5.97 Å². The highest BCUT2D eigenvalue weighted by molar-refractivity contribution is 5.98. The highest BCUT2D eigenvalue weighted by Gasteiger charge is 2.16. The van der Waals surface area contributed by atoms with E-state index in [0.29, 0.717) is 17.0 Å². The van der Waals surface area contributed by atoms with Gasteiger partial charge < -0.3 is 15.4 Å². The second-order valence-corrected chi connectivity index (χ2v) is 2.95. The number of hydrogen-bond donors (Lipinski definition) is 2. The molecule has 0 fully saturated rings. The minimum absolute atomic E-state index is 0.103. The maximum atomic E-state index is 11.0. The molecule has 15 heavy (non-hydrogen) atoms. The van der Waals surface area contributed by atoms with Crippen LogP contribution in [0.25, 0.3) is 11.3 Å². The number of aromatic carboxylic acids is 1. The van der Waals surface area contributed by atoms with E-state index in [1.54, 1.807) is 18.2 Å². The minimum atomic E-state index is -1.05. The first-order valence-electron chi connectivity index (χ1n) is 4.23. The summed E-state index contributed by atoms with van der Waals surface area (Å²) in [7, 11) is 0. The lowest BCUT2D eigenvalue weighted by Gasteiger charge is -2.05. The fourth-order valence-electron chi connectivity index (χ4n) is 1.37. The average molecular weight is 204 g/mol. The first kappa shape index (κ1) is 9.26. The SMILES string of the molecule is Nc1cccc(C(=O)O)c1-c1ccno1. The van der Waals surface area contributed by atoms with Crippen LogP contribution in [-0.2, 0) is 0 Å². The molecule has 0 aliphatic heterocycles. The van der Waals surface area contributed by atoms with Crippen molar-refractivity contribution >= 4 is 11.7 Å². The molecule has 1 aromatic carbocycles. The van der Waals surface area contributed by atoms with Crippen LogP contribution in [0.15, 0.2) is 35.0 Å². The molecule has 0 aliphatic carbocycles. The molecule has 0 radical (unpaired) electrons. The molecule has 0 spiro atoms. The fraction of sp³-hybridized carbons (Fsp3) is 0. The largest absolute Gasteiger partial charge is 0.478 e. The molecule has 0 saturated carbocycles. The van der Waals surface area contributed by atoms with E-state index in [2.05, 4.69) is 5.16 Å². The van der Waals surface area contributed by atoms with Gasteiger partial charge in [0.2, 0.25) is 0 Å². The molecule has 1 heterocycles. The van der Waals surface area contributed by atoms with Gasteiger partial charge in [-0.1, -0.05) is 11.2 Å². The standard InChI is InChI=1S/C10H8N2O3/c11-7-3-1-2-6(10(13)14)9(7)8-4-5-12-15-8/h1-5H,11H2,(H,13,14). The maximum Gasteiger partial charge on any atom is 0.336 e. The first-order chi connectivity index (χ1) is 7.20. The molecule has 1 aromatic heterocycles. The van der Waals surface area contributed by atoms with Crippen molar-refractivity contribution in [1.82, 2.24) is 5.16 Å². The highest BCUT2D eigenvalue weighted by Crippen LogP contribution is 2.29. The van der Waals surface area contributed by atoms with Crippen LogP contribution in [0.2, 0.25) is 0 Å². The number of carboxylic acid groups (broad SMARTS) is 1. The average Bonchev–Trinajstić information content (AvgIpc) is 2.70. The van der Waals surface area contributed by atoms with Crippen molar-refractivity contribution in [1.29, 1.82) is 0 Å². The Balaban J connectivity index is 2.68. The Bertz CT molecular complexity index is 491. The van der Waals surface area contributed by atoms with Crippen LogP contribution in [0.1, 0.15) is 10.4 Å². The first-order valence-corrected chi connectivity index (χ1v) is 4.23. The Morgan fingerprint density at radius 1 is 1.40 bits per heavy atom. The summed E-state index contributed by atoms with van der Waals surface area (Å²) in [5, 5.41) is 12.5. The normalized spacial score (nSPS) is 10.1. The predicted molar refractivity (Wildman–Crippen MR) is 53.3 cm³/mol. The van der Waals surface area contributed by atoms with Crippen LogP contribution in [-0.4, -0.2) is 16.2 Å². The number of aromatic nitrogens is 1. The molecule has 0 atom stereocenters. The quantitative estimate of drug-likeness (QED) is 0.725. The maximum absolute atomic E-state index is 11.0. The summed E-state index contributed by atoms with van der Waals surface area (Å²) in [4.78, 5) is 11.0. The van der Waals surface area contributed by atoms with Crippen molar-refractivity contribution in [2.75, 3.05) is 5.73 Å². The van der Waals surface area contributed by atoms with Gasteiger partial charge in [0.1, 0.15) is 0 Å². The highest BCUT2D eigenvalue weighted by atomic mass is 16.5. The zero-order chi connectivity index (χ0) is 10.8. The number of rotatable bonds is 2. The fourth-order valence-corrected chi connectivity index (χ4v) is 1.37. The Morgan fingerprint density at radius 3 is 2.80 bits per heavy atom. The summed E-state index contributed by atoms with van der Waals surface area (Å²) in [6, 6.07) is 6.23. The van der Waals surface area contributed by atoms with Crippen molar-refractivity contribution in [3.05, 3.63) is 36.0 Å². The van der Waals surface area contributed by atoms with Crippen LogP contribution in [0.5, 0.6) is 0 Å². The van der Waals surface area contributed by atoms with E-state index in [-0.39, 0.29) is 5.56 Å². The number of hydrogen-bond acceptors (Lipinski definition) is 4. The van der Waals surface area contributed by atoms with Crippen LogP contribution < -0.4 is 5.73 Å². The lowest BCUT2D eigenvalue weighted by Crippen LogP contribution is -2.02. The van der Waals surface area contributed by atoms with E-state index in [1.807, 2.05) is 0 Å². The monoisotopic (exact) mass is 204 g/mol. The van der Waals surface area contributed by atoms with Crippen LogP contribution in [0.4, 0.5) is 5.69 Å². The molecule has 2 aromatic rings. The van der Waals surface area contributed by atoms with Gasteiger partial charge in [-0.05, 0) is 12.1 Å². The molecule has 76 valence electrons. The van der Waals surface area contributed by atoms with Gasteiger partial charge in [0.25, 0.3) is 0 Å². The molecule has 5 heteroatoms. The third-order valence-corrected chi connectivity index (χ3v) is 2.01. The lowest BCUT2D eigenvalue weighted by molar-refractivity contribution is 0.0697. The number of nitrogens with two attached hydrogens (primary N) is 1. The van der Waals surface area contributed by atoms with Crippen LogP contribution >= 0.6 is 0 Å². The molecule has 3 N–H and O–H groups in total. The molecule has 5 nitrogen and oxygen atoms in total. The zero-order valence-electron chi connectivity index (χ0n) is 7.68. The number of carboxylic acids is 1. The van der Waals surface area contributed by atoms with E-state index >= 15 is 0 Å². The number of anilines is 1. The van der Waals surface area contributed by atoms with E-state index in [1.165, 1.54) is 12.3 Å². The topological polar surface area (TPSA) is 89.4 Å². The summed E-state index contributed by atoms with van der Waals surface area (Å²) in [6.07, 6.45) is 1.44. The summed E-state index contributed by atoms with van der Waals surface area (Å²) in [6.45, 7) is 0. The van der Waals surface area contributed by atoms with Crippen molar-refractivity contribution in [2.45, 2.75) is 0 Å². The number of nitrogens with zero attached hydrogens (tertiary/aromatic N) is 1. The van der Waals surface area contributed by atoms with Gasteiger partial charge >= 0.3 is 5.97 Å². The Hall–Kier alpha value is -2.30. The molecule has 0 saturated heterocycles.